The summed E-state index contributed by atoms with van der Waals surface area (Å²) in [6.07, 6.45) is 4.60. The Morgan fingerprint density at radius 2 is 1.63 bits per heavy atom. The zero-order valence-electron chi connectivity index (χ0n) is 15.9. The van der Waals surface area contributed by atoms with Crippen LogP contribution < -0.4 is 9.47 Å². The minimum Gasteiger partial charge on any atom is -0.508 e. The Hall–Kier alpha value is -3.08. The summed E-state index contributed by atoms with van der Waals surface area (Å²) in [5, 5.41) is 18.2. The molecule has 1 aliphatic rings. The van der Waals surface area contributed by atoms with E-state index in [1.54, 1.807) is 12.1 Å². The lowest BCUT2D eigenvalue weighted by atomic mass is 9.97. The summed E-state index contributed by atoms with van der Waals surface area (Å²) in [5.74, 6) is 1.70. The molecule has 2 aromatic rings. The van der Waals surface area contributed by atoms with Crippen LogP contribution in [-0.2, 0) is 6.42 Å². The van der Waals surface area contributed by atoms with Gasteiger partial charge in [0.05, 0.1) is 18.9 Å². The van der Waals surface area contributed by atoms with Gasteiger partial charge in [0.15, 0.2) is 11.5 Å². The largest absolute Gasteiger partial charge is 0.508 e. The summed E-state index contributed by atoms with van der Waals surface area (Å²) in [6.45, 7) is 7.02. The molecule has 0 aliphatic carbocycles. The predicted molar refractivity (Wildman–Crippen MR) is 109 cm³/mol. The molecule has 1 heterocycles. The highest BCUT2D eigenvalue weighted by Gasteiger charge is 2.17. The van der Waals surface area contributed by atoms with E-state index >= 15 is 0 Å². The first kappa shape index (κ1) is 18.7. The number of phenols is 1. The van der Waals surface area contributed by atoms with Crippen molar-refractivity contribution in [3.05, 3.63) is 59.2 Å². The van der Waals surface area contributed by atoms with Crippen LogP contribution in [0.5, 0.6) is 17.2 Å². The van der Waals surface area contributed by atoms with Crippen LogP contribution in [0.2, 0.25) is 0 Å². The van der Waals surface area contributed by atoms with E-state index in [1.165, 1.54) is 0 Å². The van der Waals surface area contributed by atoms with E-state index in [2.05, 4.69) is 10.2 Å². The summed E-state index contributed by atoms with van der Waals surface area (Å²) in [5.41, 5.74) is 4.76. The van der Waals surface area contributed by atoms with Gasteiger partial charge in [-0.1, -0.05) is 18.2 Å². The molecular formula is C22H24N2O3. The second-order valence-electron chi connectivity index (χ2n) is 6.24. The first-order valence-corrected chi connectivity index (χ1v) is 9.11. The van der Waals surface area contributed by atoms with Crippen molar-refractivity contribution >= 4 is 17.5 Å². The number of phenolic OH excluding ortho intramolecular Hbond substituents is 1. The molecule has 140 valence electrons. The lowest BCUT2D eigenvalue weighted by molar-refractivity contribution is 0.287. The number of fused-ring (bicyclic) bond motifs is 1. The van der Waals surface area contributed by atoms with Crippen molar-refractivity contribution in [1.29, 1.82) is 0 Å². The molecule has 0 saturated carbocycles. The minimum absolute atomic E-state index is 0.245. The Bertz CT molecular complexity index is 897. The summed E-state index contributed by atoms with van der Waals surface area (Å²) >= 11 is 0. The zero-order chi connectivity index (χ0) is 19.2. The van der Waals surface area contributed by atoms with Crippen molar-refractivity contribution < 1.29 is 14.6 Å². The number of nitrogens with zero attached hydrogens (tertiary/aromatic N) is 2. The van der Waals surface area contributed by atoms with E-state index in [0.29, 0.717) is 25.4 Å². The van der Waals surface area contributed by atoms with Gasteiger partial charge in [0, 0.05) is 17.7 Å². The molecule has 0 aromatic heterocycles. The van der Waals surface area contributed by atoms with Crippen LogP contribution in [-0.4, -0.2) is 29.7 Å². The maximum Gasteiger partial charge on any atom is 0.161 e. The molecule has 0 atom stereocenters. The van der Waals surface area contributed by atoms with Crippen molar-refractivity contribution in [1.82, 2.24) is 0 Å². The fraction of sp³-hybridized carbons (Fsp3) is 0.273. The van der Waals surface area contributed by atoms with Crippen LogP contribution in [0.25, 0.3) is 6.08 Å². The monoisotopic (exact) mass is 364 g/mol. The van der Waals surface area contributed by atoms with Crippen LogP contribution in [0.4, 0.5) is 0 Å². The molecule has 1 aliphatic heterocycles. The molecule has 0 fully saturated rings. The van der Waals surface area contributed by atoms with Gasteiger partial charge in [-0.15, -0.1) is 0 Å². The fourth-order valence-corrected chi connectivity index (χ4v) is 2.91. The normalized spacial score (nSPS) is 13.6. The number of aromatic hydroxyl groups is 1. The van der Waals surface area contributed by atoms with E-state index in [-0.39, 0.29) is 5.75 Å². The molecule has 0 radical (unpaired) electrons. The average molecular weight is 364 g/mol. The van der Waals surface area contributed by atoms with Crippen molar-refractivity contribution in [2.75, 3.05) is 13.2 Å². The highest BCUT2D eigenvalue weighted by atomic mass is 16.5. The number of benzene rings is 2. The minimum atomic E-state index is 0.245. The van der Waals surface area contributed by atoms with E-state index in [4.69, 9.17) is 9.47 Å². The second-order valence-corrected chi connectivity index (χ2v) is 6.24. The molecule has 3 rings (SSSR count). The Kier molecular flexibility index (Phi) is 5.91. The highest BCUT2D eigenvalue weighted by Crippen LogP contribution is 2.33. The second kappa shape index (κ2) is 8.54. The highest BCUT2D eigenvalue weighted by molar-refractivity contribution is 6.13. The lowest BCUT2D eigenvalue weighted by Crippen LogP contribution is -2.07. The van der Waals surface area contributed by atoms with Gasteiger partial charge >= 0.3 is 0 Å². The summed E-state index contributed by atoms with van der Waals surface area (Å²) in [6, 6.07) is 11.0. The van der Waals surface area contributed by atoms with Gasteiger partial charge < -0.3 is 14.6 Å². The Morgan fingerprint density at radius 3 is 2.30 bits per heavy atom. The Labute approximate surface area is 159 Å². The molecular weight excluding hydrogens is 340 g/mol. The van der Waals surface area contributed by atoms with E-state index in [1.807, 2.05) is 57.2 Å². The smallest absolute Gasteiger partial charge is 0.161 e. The number of hydrogen-bond acceptors (Lipinski definition) is 5. The quantitative estimate of drug-likeness (QED) is 0.813. The van der Waals surface area contributed by atoms with Crippen molar-refractivity contribution in [2.45, 2.75) is 27.2 Å². The first-order chi connectivity index (χ1) is 13.1. The van der Waals surface area contributed by atoms with E-state index < -0.39 is 0 Å². The molecule has 0 saturated heterocycles. The van der Waals surface area contributed by atoms with Crippen LogP contribution in [0, 0.1) is 0 Å². The molecule has 2 aromatic carbocycles. The van der Waals surface area contributed by atoms with Crippen LogP contribution >= 0.6 is 0 Å². The number of hydrogen-bond donors (Lipinski definition) is 1. The van der Waals surface area contributed by atoms with Crippen molar-refractivity contribution in [3.8, 4) is 17.2 Å². The van der Waals surface area contributed by atoms with Crippen LogP contribution in [0.1, 0.15) is 37.5 Å². The zero-order valence-corrected chi connectivity index (χ0v) is 15.9. The first-order valence-electron chi connectivity index (χ1n) is 9.11. The van der Waals surface area contributed by atoms with Gasteiger partial charge in [-0.2, -0.15) is 10.2 Å². The summed E-state index contributed by atoms with van der Waals surface area (Å²) in [4.78, 5) is 0. The maximum atomic E-state index is 9.43. The van der Waals surface area contributed by atoms with Crippen LogP contribution in [0.15, 0.2) is 52.7 Å². The van der Waals surface area contributed by atoms with E-state index in [0.717, 1.165) is 33.9 Å². The predicted octanol–water partition coefficient (Wildman–Crippen LogP) is 4.62. The molecule has 27 heavy (non-hydrogen) atoms. The summed E-state index contributed by atoms with van der Waals surface area (Å²) in [7, 11) is 0. The standard InChI is InChI=1S/C22H24N2O3/c1-4-26-21-13-17-12-15(3)23-24-20(19(17)14-22(21)27-5-2)11-8-16-6-9-18(25)10-7-16/h6-11,13-14,25H,4-5,12H2,1-3H3. The fourth-order valence-electron chi connectivity index (χ4n) is 2.91. The maximum absolute atomic E-state index is 9.43. The number of rotatable bonds is 6. The SMILES string of the molecule is CCOc1cc2c(cc1OCC)C(C=Cc1ccc(O)cc1)=NN=C(C)C2. The summed E-state index contributed by atoms with van der Waals surface area (Å²) < 4.78 is 11.5. The van der Waals surface area contributed by atoms with Gasteiger partial charge in [-0.25, -0.2) is 0 Å². The lowest BCUT2D eigenvalue weighted by Gasteiger charge is -2.15. The van der Waals surface area contributed by atoms with Gasteiger partial charge in [-0.05, 0) is 62.2 Å². The number of ether oxygens (including phenoxy) is 2. The molecule has 0 bridgehead atoms. The molecule has 1 N–H and O–H groups in total. The Balaban J connectivity index is 2.02. The van der Waals surface area contributed by atoms with Crippen LogP contribution in [0.3, 0.4) is 0 Å². The average Bonchev–Trinajstić information content (AvgIpc) is 2.80. The van der Waals surface area contributed by atoms with Crippen molar-refractivity contribution in [2.24, 2.45) is 10.2 Å². The third-order valence-electron chi connectivity index (χ3n) is 4.15. The van der Waals surface area contributed by atoms with Gasteiger partial charge in [0.25, 0.3) is 0 Å². The molecule has 5 nitrogen and oxygen atoms in total. The van der Waals surface area contributed by atoms with Crippen molar-refractivity contribution in [3.63, 3.8) is 0 Å². The van der Waals surface area contributed by atoms with Gasteiger partial charge in [-0.3, -0.25) is 0 Å². The third-order valence-corrected chi connectivity index (χ3v) is 4.15. The third kappa shape index (κ3) is 4.56. The van der Waals surface area contributed by atoms with E-state index in [9.17, 15) is 5.11 Å². The van der Waals surface area contributed by atoms with Gasteiger partial charge in [0.1, 0.15) is 5.75 Å². The van der Waals surface area contributed by atoms with Gasteiger partial charge in [0.2, 0.25) is 0 Å². The molecule has 5 heteroatoms. The topological polar surface area (TPSA) is 63.4 Å². The Morgan fingerprint density at radius 1 is 0.963 bits per heavy atom. The molecule has 0 unspecified atom stereocenters. The molecule has 0 spiro atoms. The number of allylic oxidation sites excluding steroid dienone is 1. The molecule has 0 amide bonds.